The minimum absolute atomic E-state index is 0.403. The van der Waals surface area contributed by atoms with E-state index in [1.54, 1.807) is 6.20 Å². The van der Waals surface area contributed by atoms with Crippen LogP contribution in [-0.4, -0.2) is 9.19 Å². The summed E-state index contributed by atoms with van der Waals surface area (Å²) in [6.07, 6.45) is 1.75. The Labute approximate surface area is 122 Å². The SMILES string of the molecule is Cc1ccc(S(=O)Cc2ncc(C)c(N)c2C)c(C)c1. The van der Waals surface area contributed by atoms with Crippen LogP contribution in [0.4, 0.5) is 5.69 Å². The van der Waals surface area contributed by atoms with E-state index in [2.05, 4.69) is 11.1 Å². The minimum Gasteiger partial charge on any atom is -0.398 e. The number of aryl methyl sites for hydroxylation is 3. The number of nitrogens with two attached hydrogens (primary N) is 1. The van der Waals surface area contributed by atoms with Gasteiger partial charge in [-0.3, -0.25) is 9.19 Å². The van der Waals surface area contributed by atoms with Gasteiger partial charge in [-0.1, -0.05) is 17.7 Å². The number of rotatable bonds is 3. The van der Waals surface area contributed by atoms with E-state index in [9.17, 15) is 4.21 Å². The smallest absolute Gasteiger partial charge is 0.0709 e. The highest BCUT2D eigenvalue weighted by Gasteiger charge is 2.13. The van der Waals surface area contributed by atoms with Gasteiger partial charge in [-0.15, -0.1) is 0 Å². The van der Waals surface area contributed by atoms with Gasteiger partial charge in [-0.05, 0) is 50.5 Å². The molecule has 2 rings (SSSR count). The number of nitrogen functional groups attached to an aromatic ring is 1. The number of pyridine rings is 1. The molecule has 0 bridgehead atoms. The first kappa shape index (κ1) is 14.7. The number of hydrogen-bond donors (Lipinski definition) is 1. The van der Waals surface area contributed by atoms with Crippen molar-refractivity contribution in [3.63, 3.8) is 0 Å². The second kappa shape index (κ2) is 5.75. The minimum atomic E-state index is -1.10. The van der Waals surface area contributed by atoms with Gasteiger partial charge in [0.15, 0.2) is 0 Å². The molecule has 106 valence electrons. The van der Waals surface area contributed by atoms with Crippen molar-refractivity contribution in [2.24, 2.45) is 0 Å². The summed E-state index contributed by atoms with van der Waals surface area (Å²) in [6, 6.07) is 5.98. The Hall–Kier alpha value is -1.68. The second-order valence-electron chi connectivity index (χ2n) is 5.19. The molecule has 0 spiro atoms. The van der Waals surface area contributed by atoms with Gasteiger partial charge < -0.3 is 5.73 Å². The molecule has 0 amide bonds. The molecule has 1 unspecified atom stereocenters. The maximum Gasteiger partial charge on any atom is 0.0709 e. The lowest BCUT2D eigenvalue weighted by Crippen LogP contribution is -2.06. The van der Waals surface area contributed by atoms with Crippen LogP contribution in [0.25, 0.3) is 0 Å². The molecule has 0 aliphatic carbocycles. The maximum absolute atomic E-state index is 12.5. The first-order valence-electron chi connectivity index (χ1n) is 6.56. The fraction of sp³-hybridized carbons (Fsp3) is 0.312. The predicted molar refractivity (Wildman–Crippen MR) is 84.2 cm³/mol. The lowest BCUT2D eigenvalue weighted by Gasteiger charge is -2.11. The summed E-state index contributed by atoms with van der Waals surface area (Å²) >= 11 is 0. The zero-order chi connectivity index (χ0) is 14.9. The summed E-state index contributed by atoms with van der Waals surface area (Å²) in [7, 11) is -1.10. The van der Waals surface area contributed by atoms with Crippen LogP contribution < -0.4 is 5.73 Å². The van der Waals surface area contributed by atoms with Gasteiger partial charge in [0.25, 0.3) is 0 Å². The van der Waals surface area contributed by atoms with Crippen LogP contribution in [-0.2, 0) is 16.6 Å². The molecular formula is C16H20N2OS. The third kappa shape index (κ3) is 2.90. The molecule has 1 atom stereocenters. The van der Waals surface area contributed by atoms with Gasteiger partial charge in [0, 0.05) is 16.8 Å². The van der Waals surface area contributed by atoms with E-state index < -0.39 is 10.8 Å². The number of hydrogen-bond acceptors (Lipinski definition) is 3. The molecular weight excluding hydrogens is 268 g/mol. The molecule has 4 heteroatoms. The van der Waals surface area contributed by atoms with E-state index >= 15 is 0 Å². The monoisotopic (exact) mass is 288 g/mol. The van der Waals surface area contributed by atoms with Crippen LogP contribution in [0.3, 0.4) is 0 Å². The first-order chi connectivity index (χ1) is 9.40. The highest BCUT2D eigenvalue weighted by atomic mass is 32.2. The molecule has 0 aliphatic rings. The normalized spacial score (nSPS) is 12.4. The summed E-state index contributed by atoms with van der Waals surface area (Å²) < 4.78 is 12.5. The number of aromatic nitrogens is 1. The first-order valence-corrected chi connectivity index (χ1v) is 7.88. The van der Waals surface area contributed by atoms with Crippen molar-refractivity contribution in [1.82, 2.24) is 4.98 Å². The summed E-state index contributed by atoms with van der Waals surface area (Å²) in [4.78, 5) is 5.25. The number of benzene rings is 1. The Bertz CT molecular complexity index is 680. The molecule has 0 aliphatic heterocycles. The van der Waals surface area contributed by atoms with Crippen LogP contribution in [0.1, 0.15) is 27.9 Å². The van der Waals surface area contributed by atoms with Crippen molar-refractivity contribution >= 4 is 16.5 Å². The standard InChI is InChI=1S/C16H20N2OS/c1-10-5-6-15(11(2)7-10)20(19)9-14-13(4)16(17)12(3)8-18-14/h5-8H,9H2,1-4H3,(H2,17,18). The van der Waals surface area contributed by atoms with E-state index in [0.717, 1.165) is 33.0 Å². The summed E-state index contributed by atoms with van der Waals surface area (Å²) in [5.41, 5.74) is 11.7. The lowest BCUT2D eigenvalue weighted by atomic mass is 10.1. The van der Waals surface area contributed by atoms with Crippen molar-refractivity contribution < 1.29 is 4.21 Å². The molecule has 0 saturated carbocycles. The summed E-state index contributed by atoms with van der Waals surface area (Å²) in [5.74, 6) is 0.403. The molecule has 1 aromatic carbocycles. The largest absolute Gasteiger partial charge is 0.398 e. The molecule has 20 heavy (non-hydrogen) atoms. The van der Waals surface area contributed by atoms with Crippen molar-refractivity contribution in [1.29, 1.82) is 0 Å². The quantitative estimate of drug-likeness (QED) is 0.943. The van der Waals surface area contributed by atoms with E-state index in [1.165, 1.54) is 5.56 Å². The average Bonchev–Trinajstić information content (AvgIpc) is 2.39. The zero-order valence-electron chi connectivity index (χ0n) is 12.4. The Kier molecular flexibility index (Phi) is 4.23. The van der Waals surface area contributed by atoms with Crippen LogP contribution in [0.5, 0.6) is 0 Å². The van der Waals surface area contributed by atoms with E-state index in [0.29, 0.717) is 5.75 Å². The highest BCUT2D eigenvalue weighted by Crippen LogP contribution is 2.22. The molecule has 3 nitrogen and oxygen atoms in total. The third-order valence-corrected chi connectivity index (χ3v) is 5.00. The van der Waals surface area contributed by atoms with Crippen molar-refractivity contribution in [2.75, 3.05) is 5.73 Å². The summed E-state index contributed by atoms with van der Waals surface area (Å²) in [5, 5.41) is 0. The van der Waals surface area contributed by atoms with Crippen LogP contribution in [0, 0.1) is 27.7 Å². The van der Waals surface area contributed by atoms with E-state index in [-0.39, 0.29) is 0 Å². The predicted octanol–water partition coefficient (Wildman–Crippen LogP) is 3.21. The Morgan fingerprint density at radius 1 is 1.15 bits per heavy atom. The van der Waals surface area contributed by atoms with Gasteiger partial charge >= 0.3 is 0 Å². The van der Waals surface area contributed by atoms with Crippen LogP contribution in [0.15, 0.2) is 29.3 Å². The third-order valence-electron chi connectivity index (χ3n) is 3.52. The zero-order valence-corrected chi connectivity index (χ0v) is 13.2. The molecule has 2 aromatic rings. The van der Waals surface area contributed by atoms with Gasteiger partial charge in [0.05, 0.1) is 22.2 Å². The Morgan fingerprint density at radius 3 is 2.50 bits per heavy atom. The fourth-order valence-corrected chi connectivity index (χ4v) is 3.53. The Balaban J connectivity index is 2.30. The van der Waals surface area contributed by atoms with Crippen LogP contribution >= 0.6 is 0 Å². The molecule has 2 N–H and O–H groups in total. The number of anilines is 1. The van der Waals surface area contributed by atoms with Gasteiger partial charge in [0.1, 0.15) is 0 Å². The van der Waals surface area contributed by atoms with Gasteiger partial charge in [-0.2, -0.15) is 0 Å². The molecule has 0 radical (unpaired) electrons. The second-order valence-corrected chi connectivity index (χ2v) is 6.60. The number of nitrogens with zero attached hydrogens (tertiary/aromatic N) is 1. The van der Waals surface area contributed by atoms with Crippen LogP contribution in [0.2, 0.25) is 0 Å². The fourth-order valence-electron chi connectivity index (χ4n) is 2.19. The molecule has 1 heterocycles. The average molecular weight is 288 g/mol. The molecule has 0 fully saturated rings. The van der Waals surface area contributed by atoms with Crippen molar-refractivity contribution in [3.8, 4) is 0 Å². The molecule has 0 saturated heterocycles. The van der Waals surface area contributed by atoms with E-state index in [1.807, 2.05) is 39.8 Å². The lowest BCUT2D eigenvalue weighted by molar-refractivity contribution is 0.681. The maximum atomic E-state index is 12.5. The summed E-state index contributed by atoms with van der Waals surface area (Å²) in [6.45, 7) is 7.89. The van der Waals surface area contributed by atoms with Gasteiger partial charge in [0.2, 0.25) is 0 Å². The van der Waals surface area contributed by atoms with Crippen molar-refractivity contribution in [2.45, 2.75) is 38.3 Å². The topological polar surface area (TPSA) is 56.0 Å². The van der Waals surface area contributed by atoms with E-state index in [4.69, 9.17) is 5.73 Å². The molecule has 1 aromatic heterocycles. The Morgan fingerprint density at radius 2 is 1.85 bits per heavy atom. The van der Waals surface area contributed by atoms with Gasteiger partial charge in [-0.25, -0.2) is 0 Å². The highest BCUT2D eigenvalue weighted by molar-refractivity contribution is 7.84. The van der Waals surface area contributed by atoms with Crippen molar-refractivity contribution in [3.05, 3.63) is 52.3 Å².